The van der Waals surface area contributed by atoms with E-state index in [2.05, 4.69) is 20.8 Å². The van der Waals surface area contributed by atoms with Crippen molar-refractivity contribution in [3.05, 3.63) is 0 Å². The Morgan fingerprint density at radius 2 is 0.795 bits per heavy atom. The molecule has 0 saturated carbocycles. The molecule has 0 aliphatic rings. The van der Waals surface area contributed by atoms with Crippen LogP contribution < -0.4 is 0 Å². The smallest absolute Gasteiger partial charge is 0.308 e. The van der Waals surface area contributed by atoms with E-state index in [4.69, 9.17) is 4.74 Å². The molecule has 0 bridgehead atoms. The van der Waals surface area contributed by atoms with E-state index < -0.39 is 6.29 Å². The maximum absolute atomic E-state index is 12.0. The van der Waals surface area contributed by atoms with Crippen LogP contribution in [0.3, 0.4) is 0 Å². The third-order valence-corrected chi connectivity index (χ3v) is 8.23. The zero-order valence-corrected chi connectivity index (χ0v) is 27.1. The van der Waals surface area contributed by atoms with Crippen LogP contribution in [0.5, 0.6) is 0 Å². The number of aliphatic hydroxyl groups is 1. The van der Waals surface area contributed by atoms with Crippen molar-refractivity contribution in [1.29, 1.82) is 0 Å². The van der Waals surface area contributed by atoms with E-state index in [1.807, 2.05) is 0 Å². The minimum atomic E-state index is -0.907. The summed E-state index contributed by atoms with van der Waals surface area (Å²) in [6.45, 7) is 6.92. The highest BCUT2D eigenvalue weighted by Crippen LogP contribution is 2.16. The van der Waals surface area contributed by atoms with Crippen LogP contribution >= 0.6 is 0 Å². The van der Waals surface area contributed by atoms with Crippen molar-refractivity contribution >= 4 is 5.97 Å². The van der Waals surface area contributed by atoms with Crippen molar-refractivity contribution in [3.8, 4) is 0 Å². The average Bonchev–Trinajstić information content (AvgIpc) is 2.90. The molecule has 0 spiro atoms. The zero-order chi connectivity index (χ0) is 28.7. The summed E-state index contributed by atoms with van der Waals surface area (Å²) < 4.78 is 5.20. The van der Waals surface area contributed by atoms with Gasteiger partial charge in [0.1, 0.15) is 0 Å². The Balaban J connectivity index is 3.27. The third kappa shape index (κ3) is 33.5. The fraction of sp³-hybridized carbons (Fsp3) is 0.972. The van der Waals surface area contributed by atoms with Gasteiger partial charge in [0, 0.05) is 12.8 Å². The van der Waals surface area contributed by atoms with Gasteiger partial charge in [-0.05, 0) is 18.8 Å². The number of unbranched alkanes of at least 4 members (excludes halogenated alkanes) is 25. The summed E-state index contributed by atoms with van der Waals surface area (Å²) in [5, 5.41) is 10.00. The normalized spacial score (nSPS) is 12.3. The second-order valence-corrected chi connectivity index (χ2v) is 12.9. The summed E-state index contributed by atoms with van der Waals surface area (Å²) in [4.78, 5) is 12.0. The number of hydrogen-bond donors (Lipinski definition) is 1. The van der Waals surface area contributed by atoms with E-state index in [1.54, 1.807) is 0 Å². The number of hydrogen-bond acceptors (Lipinski definition) is 3. The van der Waals surface area contributed by atoms with Gasteiger partial charge >= 0.3 is 5.97 Å². The molecule has 0 aromatic heterocycles. The predicted octanol–water partition coefficient (Wildman–Crippen LogP) is 12.2. The number of carbonyl (C=O) groups is 1. The topological polar surface area (TPSA) is 46.5 Å². The molecule has 0 fully saturated rings. The molecule has 1 atom stereocenters. The second-order valence-electron chi connectivity index (χ2n) is 12.9. The van der Waals surface area contributed by atoms with Crippen molar-refractivity contribution < 1.29 is 14.6 Å². The molecule has 0 heterocycles. The Morgan fingerprint density at radius 3 is 1.15 bits per heavy atom. The summed E-state index contributed by atoms with van der Waals surface area (Å²) in [6.07, 6.45) is 37.1. The molecule has 3 heteroatoms. The van der Waals surface area contributed by atoms with E-state index in [-0.39, 0.29) is 5.97 Å². The van der Waals surface area contributed by atoms with E-state index in [0.717, 1.165) is 31.6 Å². The van der Waals surface area contributed by atoms with Crippen LogP contribution in [-0.2, 0) is 9.53 Å². The van der Waals surface area contributed by atoms with Crippen LogP contribution in [0.2, 0.25) is 0 Å². The largest absolute Gasteiger partial charge is 0.436 e. The van der Waals surface area contributed by atoms with Gasteiger partial charge in [-0.3, -0.25) is 4.79 Å². The maximum Gasteiger partial charge on any atom is 0.308 e. The molecule has 3 nitrogen and oxygen atoms in total. The van der Waals surface area contributed by atoms with Crippen LogP contribution in [0.1, 0.15) is 213 Å². The lowest BCUT2D eigenvalue weighted by molar-refractivity contribution is -0.168. The van der Waals surface area contributed by atoms with Crippen molar-refractivity contribution in [1.82, 2.24) is 0 Å². The molecule has 1 N–H and O–H groups in total. The molecular weight excluding hydrogens is 480 g/mol. The molecule has 1 unspecified atom stereocenters. The summed E-state index contributed by atoms with van der Waals surface area (Å²) in [7, 11) is 0. The average molecular weight is 553 g/mol. The zero-order valence-electron chi connectivity index (χ0n) is 27.1. The van der Waals surface area contributed by atoms with Crippen LogP contribution in [0.4, 0.5) is 0 Å². The molecule has 0 aromatic carbocycles. The monoisotopic (exact) mass is 553 g/mol. The Labute approximate surface area is 246 Å². The molecule has 0 radical (unpaired) electrons. The van der Waals surface area contributed by atoms with Gasteiger partial charge < -0.3 is 9.84 Å². The van der Waals surface area contributed by atoms with E-state index in [0.29, 0.717) is 12.8 Å². The SMILES string of the molecule is CCCCCCCCCCCCCCCC(O)OC(=O)CCCCCCCCCCCCCCCCC(C)C. The van der Waals surface area contributed by atoms with Gasteiger partial charge in [0.2, 0.25) is 6.29 Å². The molecule has 0 amide bonds. The van der Waals surface area contributed by atoms with Crippen molar-refractivity contribution in [2.75, 3.05) is 0 Å². The minimum Gasteiger partial charge on any atom is -0.436 e. The lowest BCUT2D eigenvalue weighted by Crippen LogP contribution is -2.17. The lowest BCUT2D eigenvalue weighted by Gasteiger charge is -2.12. The number of aliphatic hydroxyl groups excluding tert-OH is 1. The summed E-state index contributed by atoms with van der Waals surface area (Å²) in [6, 6.07) is 0. The Kier molecular flexibility index (Phi) is 31.5. The molecule has 0 rings (SSSR count). The first-order chi connectivity index (χ1) is 19.1. The summed E-state index contributed by atoms with van der Waals surface area (Å²) in [5.74, 6) is 0.640. The minimum absolute atomic E-state index is 0.225. The van der Waals surface area contributed by atoms with Crippen molar-refractivity contribution in [2.45, 2.75) is 220 Å². The first-order valence-electron chi connectivity index (χ1n) is 17.9. The van der Waals surface area contributed by atoms with Gasteiger partial charge in [-0.25, -0.2) is 0 Å². The van der Waals surface area contributed by atoms with Gasteiger partial charge in [-0.15, -0.1) is 0 Å². The van der Waals surface area contributed by atoms with Crippen molar-refractivity contribution in [2.24, 2.45) is 5.92 Å². The fourth-order valence-electron chi connectivity index (χ4n) is 5.55. The molecule has 0 aliphatic heterocycles. The van der Waals surface area contributed by atoms with Crippen molar-refractivity contribution in [3.63, 3.8) is 0 Å². The fourth-order valence-corrected chi connectivity index (χ4v) is 5.55. The van der Waals surface area contributed by atoms with Gasteiger partial charge in [0.15, 0.2) is 0 Å². The quantitative estimate of drug-likeness (QED) is 0.0512. The van der Waals surface area contributed by atoms with Crippen LogP contribution in [0.15, 0.2) is 0 Å². The predicted molar refractivity (Wildman–Crippen MR) is 171 cm³/mol. The van der Waals surface area contributed by atoms with E-state index in [1.165, 1.54) is 154 Å². The molecule has 0 saturated heterocycles. The number of esters is 1. The number of carbonyl (C=O) groups excluding carboxylic acids is 1. The van der Waals surface area contributed by atoms with Crippen LogP contribution in [0.25, 0.3) is 0 Å². The molecular formula is C36H72O3. The maximum atomic E-state index is 12.0. The second kappa shape index (κ2) is 32.0. The van der Waals surface area contributed by atoms with Crippen LogP contribution in [0, 0.1) is 5.92 Å². The van der Waals surface area contributed by atoms with Gasteiger partial charge in [0.05, 0.1) is 0 Å². The molecule has 39 heavy (non-hydrogen) atoms. The first kappa shape index (κ1) is 38.4. The third-order valence-electron chi connectivity index (χ3n) is 8.23. The molecule has 0 aromatic rings. The lowest BCUT2D eigenvalue weighted by atomic mass is 10.0. The Bertz CT molecular complexity index is 476. The standard InChI is InChI=1S/C36H72O3/c1-4-5-6-7-8-9-10-13-17-20-23-26-29-32-35(37)39-36(38)33-30-27-24-21-18-15-12-11-14-16-19-22-25-28-31-34(2)3/h34-35,37H,4-33H2,1-3H3. The van der Waals surface area contributed by atoms with Gasteiger partial charge in [-0.2, -0.15) is 0 Å². The molecule has 0 aliphatic carbocycles. The Hall–Kier alpha value is -0.570. The molecule has 234 valence electrons. The summed E-state index contributed by atoms with van der Waals surface area (Å²) >= 11 is 0. The highest BCUT2D eigenvalue weighted by molar-refractivity contribution is 5.69. The highest BCUT2D eigenvalue weighted by atomic mass is 16.6. The van der Waals surface area contributed by atoms with Gasteiger partial charge in [-0.1, -0.05) is 188 Å². The Morgan fingerprint density at radius 1 is 0.487 bits per heavy atom. The number of rotatable bonds is 32. The van der Waals surface area contributed by atoms with Crippen LogP contribution in [-0.4, -0.2) is 17.4 Å². The first-order valence-corrected chi connectivity index (χ1v) is 17.9. The highest BCUT2D eigenvalue weighted by Gasteiger charge is 2.10. The van der Waals surface area contributed by atoms with Gasteiger partial charge in [0.25, 0.3) is 0 Å². The summed E-state index contributed by atoms with van der Waals surface area (Å²) in [5.41, 5.74) is 0. The van der Waals surface area contributed by atoms with E-state index >= 15 is 0 Å². The number of ether oxygens (including phenoxy) is 1. The van der Waals surface area contributed by atoms with E-state index in [9.17, 15) is 9.90 Å².